The molecule has 148 valence electrons. The van der Waals surface area contributed by atoms with E-state index < -0.39 is 5.95 Å². The fourth-order valence-corrected chi connectivity index (χ4v) is 3.71. The van der Waals surface area contributed by atoms with Gasteiger partial charge in [0.2, 0.25) is 11.9 Å². The van der Waals surface area contributed by atoms with E-state index in [2.05, 4.69) is 16.5 Å². The summed E-state index contributed by atoms with van der Waals surface area (Å²) in [5, 5.41) is 1.000. The predicted molar refractivity (Wildman–Crippen MR) is 111 cm³/mol. The van der Waals surface area contributed by atoms with Crippen LogP contribution in [0.3, 0.4) is 0 Å². The summed E-state index contributed by atoms with van der Waals surface area (Å²) >= 11 is 0. The molecular formula is C23H28FN3O. The van der Waals surface area contributed by atoms with Crippen molar-refractivity contribution in [3.63, 3.8) is 0 Å². The Hall–Kier alpha value is -2.69. The molecule has 2 N–H and O–H groups in total. The number of unbranched alkanes of at least 4 members (excludes halogenated alkanes) is 5. The van der Waals surface area contributed by atoms with Crippen molar-refractivity contribution in [1.82, 2.24) is 9.55 Å². The molecule has 0 radical (unpaired) electrons. The molecule has 1 amide bonds. The molecule has 5 heteroatoms. The first-order chi connectivity index (χ1) is 13.6. The number of hydrogen-bond acceptors (Lipinski definition) is 2. The van der Waals surface area contributed by atoms with Crippen molar-refractivity contribution in [3.05, 3.63) is 54.2 Å². The summed E-state index contributed by atoms with van der Waals surface area (Å²) in [6, 6.07) is 9.25. The number of primary amides is 1. The highest BCUT2D eigenvalue weighted by Gasteiger charge is 2.12. The Morgan fingerprint density at radius 1 is 1.07 bits per heavy atom. The van der Waals surface area contributed by atoms with Gasteiger partial charge in [-0.05, 0) is 41.3 Å². The third-order valence-corrected chi connectivity index (χ3v) is 5.14. The average molecular weight is 381 g/mol. The predicted octanol–water partition coefficient (Wildman–Crippen LogP) is 5.23. The second-order valence-corrected chi connectivity index (χ2v) is 7.36. The lowest BCUT2D eigenvalue weighted by atomic mass is 10.0. The maximum atomic E-state index is 13.5. The summed E-state index contributed by atoms with van der Waals surface area (Å²) in [7, 11) is 0. The zero-order valence-corrected chi connectivity index (χ0v) is 16.5. The summed E-state index contributed by atoms with van der Waals surface area (Å²) in [5.74, 6) is -0.852. The summed E-state index contributed by atoms with van der Waals surface area (Å²) in [6.07, 6.45) is 11.1. The monoisotopic (exact) mass is 381 g/mol. The van der Waals surface area contributed by atoms with Crippen LogP contribution in [-0.4, -0.2) is 15.5 Å². The molecule has 0 unspecified atom stereocenters. The molecule has 0 fully saturated rings. The highest BCUT2D eigenvalue weighted by molar-refractivity contribution is 5.92. The fraction of sp³-hybridized carbons (Fsp3) is 0.391. The number of benzene rings is 1. The number of carbonyl (C=O) groups excluding carboxylic acids is 1. The number of aryl methyl sites for hydroxylation is 1. The van der Waals surface area contributed by atoms with Gasteiger partial charge in [0.05, 0.1) is 6.42 Å². The standard InChI is InChI=1S/C23H28FN3O/c1-2-3-4-5-6-7-12-27-16-19(15-23(25)28)20-13-17(8-9-21(20)27)18-10-11-26-22(24)14-18/h8-11,13-14,16H,2-7,12,15H2,1H3,(H2,25,28). The number of fused-ring (bicyclic) bond motifs is 1. The van der Waals surface area contributed by atoms with Gasteiger partial charge in [0.1, 0.15) is 0 Å². The van der Waals surface area contributed by atoms with Crippen LogP contribution in [0.4, 0.5) is 4.39 Å². The van der Waals surface area contributed by atoms with E-state index in [1.54, 1.807) is 6.07 Å². The molecule has 0 bridgehead atoms. The molecule has 2 aromatic heterocycles. The lowest BCUT2D eigenvalue weighted by Crippen LogP contribution is -2.13. The number of halogens is 1. The molecule has 3 rings (SSSR count). The van der Waals surface area contributed by atoms with E-state index in [9.17, 15) is 9.18 Å². The topological polar surface area (TPSA) is 60.9 Å². The molecule has 2 heterocycles. The lowest BCUT2D eigenvalue weighted by Gasteiger charge is -2.07. The second kappa shape index (κ2) is 9.49. The van der Waals surface area contributed by atoms with Crippen LogP contribution >= 0.6 is 0 Å². The average Bonchev–Trinajstić information content (AvgIpc) is 3.01. The maximum Gasteiger partial charge on any atom is 0.221 e. The normalized spacial score (nSPS) is 11.2. The highest BCUT2D eigenvalue weighted by Crippen LogP contribution is 2.29. The van der Waals surface area contributed by atoms with Gasteiger partial charge in [0.15, 0.2) is 0 Å². The van der Waals surface area contributed by atoms with E-state index in [1.165, 1.54) is 44.4 Å². The van der Waals surface area contributed by atoms with Gasteiger partial charge < -0.3 is 10.3 Å². The van der Waals surface area contributed by atoms with Crippen molar-refractivity contribution in [1.29, 1.82) is 0 Å². The van der Waals surface area contributed by atoms with Crippen LogP contribution in [0.5, 0.6) is 0 Å². The molecule has 4 nitrogen and oxygen atoms in total. The summed E-state index contributed by atoms with van der Waals surface area (Å²) in [4.78, 5) is 15.2. The Labute approximate surface area is 165 Å². The number of aromatic nitrogens is 2. The van der Waals surface area contributed by atoms with Gasteiger partial charge in [-0.2, -0.15) is 4.39 Å². The minimum Gasteiger partial charge on any atom is -0.369 e. The molecule has 3 aromatic rings. The first-order valence-electron chi connectivity index (χ1n) is 10.1. The molecular weight excluding hydrogens is 353 g/mol. The van der Waals surface area contributed by atoms with Gasteiger partial charge in [-0.1, -0.05) is 45.1 Å². The quantitative estimate of drug-likeness (QED) is 0.386. The van der Waals surface area contributed by atoms with Crippen LogP contribution in [0.2, 0.25) is 0 Å². The fourth-order valence-electron chi connectivity index (χ4n) is 3.71. The van der Waals surface area contributed by atoms with Crippen molar-refractivity contribution in [2.24, 2.45) is 5.73 Å². The number of amides is 1. The minimum atomic E-state index is -0.504. The van der Waals surface area contributed by atoms with E-state index in [4.69, 9.17) is 5.73 Å². The van der Waals surface area contributed by atoms with Crippen molar-refractivity contribution in [3.8, 4) is 11.1 Å². The van der Waals surface area contributed by atoms with Crippen molar-refractivity contribution in [2.75, 3.05) is 0 Å². The van der Waals surface area contributed by atoms with Crippen LogP contribution in [-0.2, 0) is 17.8 Å². The molecule has 0 spiro atoms. The Morgan fingerprint density at radius 2 is 1.82 bits per heavy atom. The lowest BCUT2D eigenvalue weighted by molar-refractivity contribution is -0.117. The molecule has 1 aromatic carbocycles. The summed E-state index contributed by atoms with van der Waals surface area (Å²) < 4.78 is 15.7. The van der Waals surface area contributed by atoms with Crippen LogP contribution in [0.15, 0.2) is 42.7 Å². The van der Waals surface area contributed by atoms with Gasteiger partial charge in [-0.3, -0.25) is 4.79 Å². The largest absolute Gasteiger partial charge is 0.369 e. The van der Waals surface area contributed by atoms with E-state index >= 15 is 0 Å². The Morgan fingerprint density at radius 3 is 2.57 bits per heavy atom. The van der Waals surface area contributed by atoms with E-state index in [1.807, 2.05) is 24.4 Å². The summed E-state index contributed by atoms with van der Waals surface area (Å²) in [5.41, 5.74) is 9.13. The third kappa shape index (κ3) is 4.97. The smallest absolute Gasteiger partial charge is 0.221 e. The number of carbonyl (C=O) groups is 1. The molecule has 28 heavy (non-hydrogen) atoms. The Bertz CT molecular complexity index is 948. The molecule has 0 atom stereocenters. The number of nitrogens with two attached hydrogens (primary N) is 1. The van der Waals surface area contributed by atoms with E-state index in [0.29, 0.717) is 0 Å². The van der Waals surface area contributed by atoms with Gasteiger partial charge in [-0.15, -0.1) is 0 Å². The van der Waals surface area contributed by atoms with Crippen molar-refractivity contribution >= 4 is 16.8 Å². The highest BCUT2D eigenvalue weighted by atomic mass is 19.1. The molecule has 0 saturated carbocycles. The van der Waals surface area contributed by atoms with Gasteiger partial charge >= 0.3 is 0 Å². The summed E-state index contributed by atoms with van der Waals surface area (Å²) in [6.45, 7) is 3.14. The maximum absolute atomic E-state index is 13.5. The van der Waals surface area contributed by atoms with Gasteiger partial charge in [0.25, 0.3) is 0 Å². The van der Waals surface area contributed by atoms with Gasteiger partial charge in [-0.25, -0.2) is 4.98 Å². The number of nitrogens with zero attached hydrogens (tertiary/aromatic N) is 2. The van der Waals surface area contributed by atoms with Crippen LogP contribution in [0, 0.1) is 5.95 Å². The van der Waals surface area contributed by atoms with Crippen LogP contribution < -0.4 is 5.73 Å². The first kappa shape index (κ1) is 20.1. The third-order valence-electron chi connectivity index (χ3n) is 5.14. The first-order valence-corrected chi connectivity index (χ1v) is 10.1. The van der Waals surface area contributed by atoms with E-state index in [-0.39, 0.29) is 12.3 Å². The molecule has 0 aliphatic heterocycles. The minimum absolute atomic E-state index is 0.203. The van der Waals surface area contributed by atoms with Gasteiger partial charge in [0, 0.05) is 35.9 Å². The number of pyridine rings is 1. The van der Waals surface area contributed by atoms with Crippen LogP contribution in [0.1, 0.15) is 51.0 Å². The van der Waals surface area contributed by atoms with Crippen molar-refractivity contribution in [2.45, 2.75) is 58.4 Å². The van der Waals surface area contributed by atoms with E-state index in [0.717, 1.165) is 40.6 Å². The number of hydrogen-bond donors (Lipinski definition) is 1. The molecule has 0 saturated heterocycles. The zero-order chi connectivity index (χ0) is 19.9. The Kier molecular flexibility index (Phi) is 6.80. The second-order valence-electron chi connectivity index (χ2n) is 7.36. The van der Waals surface area contributed by atoms with Crippen LogP contribution in [0.25, 0.3) is 22.0 Å². The number of rotatable bonds is 10. The zero-order valence-electron chi connectivity index (χ0n) is 16.5. The molecule has 0 aliphatic rings. The Balaban J connectivity index is 1.85. The molecule has 0 aliphatic carbocycles. The van der Waals surface area contributed by atoms with Crippen molar-refractivity contribution < 1.29 is 9.18 Å². The SMILES string of the molecule is CCCCCCCCn1cc(CC(N)=O)c2cc(-c3ccnc(F)c3)ccc21.